The Morgan fingerprint density at radius 1 is 1.27 bits per heavy atom. The number of likely N-dealkylation sites (N-methyl/N-ethyl adjacent to an activating group) is 1. The second-order valence-electron chi connectivity index (χ2n) is 3.07. The van der Waals surface area contributed by atoms with E-state index in [1.54, 1.807) is 11.8 Å². The predicted molar refractivity (Wildman–Crippen MR) is 57.5 cm³/mol. The molecule has 1 aromatic rings. The quantitative estimate of drug-likeness (QED) is 0.645. The standard InChI is InChI=1S/C10H15NO4/c1-3-11(5-6-12)7-8(13)9(14)10(7)15-4-2/h12H,3-6H2,1-2H3. The van der Waals surface area contributed by atoms with E-state index in [1.165, 1.54) is 0 Å². The number of aliphatic hydroxyl groups is 1. The Morgan fingerprint density at radius 2 is 1.93 bits per heavy atom. The lowest BCUT2D eigenvalue weighted by atomic mass is 10.2. The molecule has 0 atom stereocenters. The van der Waals surface area contributed by atoms with Crippen LogP contribution in [0.4, 0.5) is 5.69 Å². The molecule has 0 fully saturated rings. The van der Waals surface area contributed by atoms with Crippen molar-refractivity contribution >= 4 is 5.69 Å². The van der Waals surface area contributed by atoms with Gasteiger partial charge in [-0.05, 0) is 13.8 Å². The first-order chi connectivity index (χ1) is 7.17. The minimum absolute atomic E-state index is 0.0573. The second-order valence-corrected chi connectivity index (χ2v) is 3.07. The van der Waals surface area contributed by atoms with Gasteiger partial charge < -0.3 is 14.7 Å². The number of hydrogen-bond donors (Lipinski definition) is 1. The van der Waals surface area contributed by atoms with Crippen LogP contribution in [0.1, 0.15) is 13.8 Å². The van der Waals surface area contributed by atoms with Crippen LogP contribution in [0.2, 0.25) is 0 Å². The molecule has 0 aliphatic heterocycles. The molecule has 15 heavy (non-hydrogen) atoms. The number of anilines is 1. The summed E-state index contributed by atoms with van der Waals surface area (Å²) >= 11 is 0. The van der Waals surface area contributed by atoms with Crippen LogP contribution in [0.25, 0.3) is 0 Å². The van der Waals surface area contributed by atoms with Crippen molar-refractivity contribution in [1.29, 1.82) is 0 Å². The third kappa shape index (κ3) is 2.02. The second kappa shape index (κ2) is 4.93. The number of ether oxygens (including phenoxy) is 1. The maximum Gasteiger partial charge on any atom is 0.272 e. The molecule has 0 amide bonds. The van der Waals surface area contributed by atoms with Gasteiger partial charge in [0.2, 0.25) is 0 Å². The maximum atomic E-state index is 11.3. The van der Waals surface area contributed by atoms with Crippen molar-refractivity contribution in [3.8, 4) is 5.75 Å². The first kappa shape index (κ1) is 11.7. The number of hydrogen-bond acceptors (Lipinski definition) is 5. The van der Waals surface area contributed by atoms with Gasteiger partial charge in [-0.3, -0.25) is 9.59 Å². The first-order valence-electron chi connectivity index (χ1n) is 4.99. The monoisotopic (exact) mass is 213 g/mol. The van der Waals surface area contributed by atoms with Gasteiger partial charge in [-0.1, -0.05) is 0 Å². The molecule has 0 spiro atoms. The number of nitrogens with zero attached hydrogens (tertiary/aromatic N) is 1. The van der Waals surface area contributed by atoms with Crippen LogP contribution in [0.5, 0.6) is 5.75 Å². The van der Waals surface area contributed by atoms with E-state index in [9.17, 15) is 9.59 Å². The van der Waals surface area contributed by atoms with Crippen molar-refractivity contribution < 1.29 is 9.84 Å². The predicted octanol–water partition coefficient (Wildman–Crippen LogP) is -0.500. The van der Waals surface area contributed by atoms with Crippen LogP contribution in [-0.2, 0) is 0 Å². The van der Waals surface area contributed by atoms with Gasteiger partial charge in [0.05, 0.1) is 13.2 Å². The zero-order chi connectivity index (χ0) is 11.4. The Labute approximate surface area is 87.6 Å². The molecule has 5 nitrogen and oxygen atoms in total. The minimum atomic E-state index is -0.566. The van der Waals surface area contributed by atoms with E-state index in [0.717, 1.165) is 0 Å². The average molecular weight is 213 g/mol. The average Bonchev–Trinajstić information content (AvgIpc) is 2.26. The van der Waals surface area contributed by atoms with E-state index in [4.69, 9.17) is 9.84 Å². The summed E-state index contributed by atoms with van der Waals surface area (Å²) in [6.45, 7) is 4.80. The summed E-state index contributed by atoms with van der Waals surface area (Å²) in [6, 6.07) is 0. The van der Waals surface area contributed by atoms with E-state index in [-0.39, 0.29) is 12.4 Å². The Bertz CT molecular complexity index is 392. The van der Waals surface area contributed by atoms with Gasteiger partial charge in [0.25, 0.3) is 10.9 Å². The van der Waals surface area contributed by atoms with Gasteiger partial charge in [-0.25, -0.2) is 0 Å². The molecular weight excluding hydrogens is 198 g/mol. The maximum absolute atomic E-state index is 11.3. The Morgan fingerprint density at radius 3 is 2.40 bits per heavy atom. The zero-order valence-corrected chi connectivity index (χ0v) is 8.95. The largest absolute Gasteiger partial charge is 0.488 e. The highest BCUT2D eigenvalue weighted by Crippen LogP contribution is 2.21. The first-order valence-corrected chi connectivity index (χ1v) is 4.99. The molecule has 0 heterocycles. The molecule has 1 N–H and O–H groups in total. The summed E-state index contributed by atoms with van der Waals surface area (Å²) in [6.07, 6.45) is 0. The number of aliphatic hydroxyl groups excluding tert-OH is 1. The van der Waals surface area contributed by atoms with Gasteiger partial charge >= 0.3 is 0 Å². The molecule has 0 saturated heterocycles. The summed E-state index contributed by atoms with van der Waals surface area (Å²) in [5.41, 5.74) is -0.782. The van der Waals surface area contributed by atoms with Gasteiger partial charge in [-0.15, -0.1) is 0 Å². The lowest BCUT2D eigenvalue weighted by Gasteiger charge is -2.24. The van der Waals surface area contributed by atoms with Gasteiger partial charge in [-0.2, -0.15) is 0 Å². The molecule has 0 aromatic heterocycles. The summed E-state index contributed by atoms with van der Waals surface area (Å²) in [7, 11) is 0. The molecule has 0 unspecified atom stereocenters. The van der Waals surface area contributed by atoms with Gasteiger partial charge in [0, 0.05) is 13.1 Å². The molecule has 0 aliphatic carbocycles. The Balaban J connectivity index is 2.97. The fourth-order valence-corrected chi connectivity index (χ4v) is 1.47. The van der Waals surface area contributed by atoms with Crippen molar-refractivity contribution in [2.75, 3.05) is 31.2 Å². The van der Waals surface area contributed by atoms with Crippen LogP contribution in [0.15, 0.2) is 9.59 Å². The summed E-state index contributed by atoms with van der Waals surface area (Å²) in [5, 5.41) is 8.80. The Kier molecular flexibility index (Phi) is 3.85. The normalized spacial score (nSPS) is 10.6. The molecule has 1 rings (SSSR count). The third-order valence-corrected chi connectivity index (χ3v) is 2.20. The van der Waals surface area contributed by atoms with E-state index >= 15 is 0 Å². The molecule has 84 valence electrons. The van der Waals surface area contributed by atoms with Crippen LogP contribution >= 0.6 is 0 Å². The van der Waals surface area contributed by atoms with Gasteiger partial charge in [0.1, 0.15) is 5.69 Å². The van der Waals surface area contributed by atoms with Crippen molar-refractivity contribution in [3.63, 3.8) is 0 Å². The van der Waals surface area contributed by atoms with E-state index in [2.05, 4.69) is 0 Å². The molecule has 0 radical (unpaired) electrons. The molecular formula is C10H15NO4. The third-order valence-electron chi connectivity index (χ3n) is 2.20. The molecule has 0 aliphatic rings. The van der Waals surface area contributed by atoms with Crippen LogP contribution in [-0.4, -0.2) is 31.4 Å². The summed E-state index contributed by atoms with van der Waals surface area (Å²) in [4.78, 5) is 24.1. The highest BCUT2D eigenvalue weighted by molar-refractivity contribution is 5.63. The Hall–Kier alpha value is -1.36. The molecule has 5 heteroatoms. The van der Waals surface area contributed by atoms with Crippen LogP contribution < -0.4 is 20.5 Å². The summed E-state index contributed by atoms with van der Waals surface area (Å²) in [5.74, 6) is 0.137. The molecule has 1 aromatic carbocycles. The number of rotatable bonds is 6. The zero-order valence-electron chi connectivity index (χ0n) is 8.95. The highest BCUT2D eigenvalue weighted by atomic mass is 16.5. The minimum Gasteiger partial charge on any atom is -0.488 e. The van der Waals surface area contributed by atoms with Gasteiger partial charge in [0.15, 0.2) is 5.75 Å². The van der Waals surface area contributed by atoms with Crippen LogP contribution in [0, 0.1) is 0 Å². The highest BCUT2D eigenvalue weighted by Gasteiger charge is 2.26. The fourth-order valence-electron chi connectivity index (χ4n) is 1.47. The SMILES string of the molecule is CCOc1c(N(CC)CCO)c(=O)c1=O. The van der Waals surface area contributed by atoms with E-state index < -0.39 is 10.9 Å². The summed E-state index contributed by atoms with van der Waals surface area (Å²) < 4.78 is 5.09. The lowest BCUT2D eigenvalue weighted by molar-refractivity contribution is 0.299. The smallest absolute Gasteiger partial charge is 0.272 e. The fraction of sp³-hybridized carbons (Fsp3) is 0.600. The molecule has 0 bridgehead atoms. The van der Waals surface area contributed by atoms with E-state index in [1.807, 2.05) is 6.92 Å². The van der Waals surface area contributed by atoms with Crippen LogP contribution in [0.3, 0.4) is 0 Å². The lowest BCUT2D eigenvalue weighted by Crippen LogP contribution is -2.42. The topological polar surface area (TPSA) is 66.8 Å². The van der Waals surface area contributed by atoms with Crippen molar-refractivity contribution in [2.45, 2.75) is 13.8 Å². The molecule has 0 saturated carbocycles. The van der Waals surface area contributed by atoms with Crippen molar-refractivity contribution in [1.82, 2.24) is 0 Å². The van der Waals surface area contributed by atoms with E-state index in [0.29, 0.717) is 25.4 Å². The van der Waals surface area contributed by atoms with Crippen molar-refractivity contribution in [2.24, 2.45) is 0 Å². The van der Waals surface area contributed by atoms with Crippen molar-refractivity contribution in [3.05, 3.63) is 20.4 Å².